The minimum atomic E-state index is -4.14. The minimum absolute atomic E-state index is 0.143. The molecule has 1 aromatic rings. The zero-order valence-corrected chi connectivity index (χ0v) is 10.9. The molecule has 7 heteroatoms. The van der Waals surface area contributed by atoms with Gasteiger partial charge >= 0.3 is 12.3 Å². The second-order valence-corrected chi connectivity index (χ2v) is 4.39. The third-order valence-electron chi connectivity index (χ3n) is 2.74. The molecule has 20 heavy (non-hydrogen) atoms. The molecule has 0 aliphatic carbocycles. The number of benzene rings is 1. The summed E-state index contributed by atoms with van der Waals surface area (Å²) in [6, 6.07) is 5.37. The fourth-order valence-electron chi connectivity index (χ4n) is 1.55. The Morgan fingerprint density at radius 3 is 2.30 bits per heavy atom. The Bertz CT molecular complexity index is 396. The molecule has 0 aliphatic rings. The van der Waals surface area contributed by atoms with E-state index < -0.39 is 19.0 Å². The van der Waals surface area contributed by atoms with Crippen molar-refractivity contribution in [3.63, 3.8) is 0 Å². The van der Waals surface area contributed by atoms with Crippen molar-refractivity contribution in [1.29, 1.82) is 0 Å². The van der Waals surface area contributed by atoms with Crippen molar-refractivity contribution < 1.29 is 26.7 Å². The molecule has 1 N–H and O–H groups in total. The van der Waals surface area contributed by atoms with Crippen LogP contribution in [-0.2, 0) is 11.2 Å². The second kappa shape index (κ2) is 7.54. The van der Waals surface area contributed by atoms with Gasteiger partial charge in [0.2, 0.25) is 0 Å². The number of likely N-dealkylation sites (N-methyl/N-ethyl adjacent to an activating group) is 1. The number of hydrogen-bond acceptors (Lipinski definition) is 2. The Kier molecular flexibility index (Phi) is 6.35. The van der Waals surface area contributed by atoms with Crippen molar-refractivity contribution in [3.8, 4) is 0 Å². The first-order valence-corrected chi connectivity index (χ1v) is 6.00. The first-order chi connectivity index (χ1) is 9.35. The van der Waals surface area contributed by atoms with Crippen LogP contribution in [0.2, 0.25) is 0 Å². The fraction of sp³-hybridized carbons (Fsp3) is 0.538. The Hall–Kier alpha value is -1.21. The summed E-state index contributed by atoms with van der Waals surface area (Å²) in [5.74, 6) is -4.52. The molecule has 0 bridgehead atoms. The van der Waals surface area contributed by atoms with Crippen LogP contribution in [0.5, 0.6) is 0 Å². The molecule has 0 radical (unpaired) electrons. The molecule has 0 spiro atoms. The smallest absolute Gasteiger partial charge is 0.330 e. The highest BCUT2D eigenvalue weighted by Gasteiger charge is 2.41. The van der Waals surface area contributed by atoms with Crippen LogP contribution in [0, 0.1) is 5.82 Å². The Morgan fingerprint density at radius 2 is 1.80 bits per heavy atom. The lowest BCUT2D eigenvalue weighted by Gasteiger charge is -2.19. The first kappa shape index (κ1) is 16.8. The summed E-state index contributed by atoms with van der Waals surface area (Å²) < 4.78 is 66.5. The van der Waals surface area contributed by atoms with E-state index in [4.69, 9.17) is 0 Å². The predicted molar refractivity (Wildman–Crippen MR) is 64.7 cm³/mol. The summed E-state index contributed by atoms with van der Waals surface area (Å²) in [6.45, 7) is -1.47. The number of ether oxygens (including phenoxy) is 1. The average molecular weight is 297 g/mol. The van der Waals surface area contributed by atoms with Crippen LogP contribution in [0.4, 0.5) is 22.0 Å². The Balaban J connectivity index is 2.42. The van der Waals surface area contributed by atoms with Crippen LogP contribution in [0.15, 0.2) is 24.3 Å². The van der Waals surface area contributed by atoms with E-state index in [0.717, 1.165) is 5.56 Å². The minimum Gasteiger partial charge on any atom is -0.373 e. The van der Waals surface area contributed by atoms with Gasteiger partial charge in [0.05, 0.1) is 6.61 Å². The molecule has 0 saturated heterocycles. The van der Waals surface area contributed by atoms with E-state index in [2.05, 4.69) is 10.1 Å². The van der Waals surface area contributed by atoms with E-state index in [-0.39, 0.29) is 18.5 Å². The molecular formula is C13H16F5NO. The van der Waals surface area contributed by atoms with E-state index >= 15 is 0 Å². The van der Waals surface area contributed by atoms with Gasteiger partial charge in [0, 0.05) is 6.04 Å². The molecule has 0 aromatic heterocycles. The standard InChI is InChI=1S/C13H16F5NO/c1-19-11(6-9-2-4-10(14)5-3-9)7-20-8-13(17,18)12(15)16/h2-5,11-12,19H,6-8H2,1H3. The SMILES string of the molecule is CNC(COCC(F)(F)C(F)F)Cc1ccc(F)cc1. The van der Waals surface area contributed by atoms with Gasteiger partial charge in [-0.1, -0.05) is 12.1 Å². The number of nitrogens with one attached hydrogen (secondary N) is 1. The molecule has 1 rings (SSSR count). The van der Waals surface area contributed by atoms with Gasteiger partial charge in [-0.3, -0.25) is 0 Å². The summed E-state index contributed by atoms with van der Waals surface area (Å²) >= 11 is 0. The maximum Gasteiger partial charge on any atom is 0.330 e. The molecule has 0 saturated carbocycles. The quantitative estimate of drug-likeness (QED) is 0.745. The lowest BCUT2D eigenvalue weighted by Crippen LogP contribution is -2.37. The van der Waals surface area contributed by atoms with Crippen LogP contribution in [0.3, 0.4) is 0 Å². The zero-order valence-electron chi connectivity index (χ0n) is 10.9. The van der Waals surface area contributed by atoms with Gasteiger partial charge in [-0.05, 0) is 31.2 Å². The van der Waals surface area contributed by atoms with E-state index in [0.29, 0.717) is 6.42 Å². The molecule has 0 amide bonds. The van der Waals surface area contributed by atoms with Gasteiger partial charge in [0.15, 0.2) is 0 Å². The second-order valence-electron chi connectivity index (χ2n) is 4.39. The van der Waals surface area contributed by atoms with Crippen molar-refractivity contribution in [2.45, 2.75) is 24.8 Å². The highest BCUT2D eigenvalue weighted by atomic mass is 19.3. The molecule has 1 atom stereocenters. The maximum absolute atomic E-state index is 12.7. The van der Waals surface area contributed by atoms with Gasteiger partial charge in [0.25, 0.3) is 0 Å². The maximum atomic E-state index is 12.7. The number of rotatable bonds is 8. The zero-order chi connectivity index (χ0) is 15.2. The summed E-state index contributed by atoms with van der Waals surface area (Å²) in [6.07, 6.45) is -3.33. The molecule has 2 nitrogen and oxygen atoms in total. The van der Waals surface area contributed by atoms with Crippen molar-refractivity contribution in [3.05, 3.63) is 35.6 Å². The third-order valence-corrected chi connectivity index (χ3v) is 2.74. The van der Waals surface area contributed by atoms with Crippen molar-refractivity contribution >= 4 is 0 Å². The van der Waals surface area contributed by atoms with E-state index in [1.165, 1.54) is 12.1 Å². The van der Waals surface area contributed by atoms with Gasteiger partial charge in [-0.2, -0.15) is 8.78 Å². The van der Waals surface area contributed by atoms with Crippen LogP contribution in [-0.4, -0.2) is 38.7 Å². The van der Waals surface area contributed by atoms with Crippen LogP contribution >= 0.6 is 0 Å². The number of alkyl halides is 4. The van der Waals surface area contributed by atoms with Crippen LogP contribution < -0.4 is 5.32 Å². The molecular weight excluding hydrogens is 281 g/mol. The monoisotopic (exact) mass is 297 g/mol. The topological polar surface area (TPSA) is 21.3 Å². The first-order valence-electron chi connectivity index (χ1n) is 6.00. The van der Waals surface area contributed by atoms with E-state index in [9.17, 15) is 22.0 Å². The highest BCUT2D eigenvalue weighted by molar-refractivity contribution is 5.17. The van der Waals surface area contributed by atoms with Gasteiger partial charge in [0.1, 0.15) is 12.4 Å². The number of halogens is 5. The summed E-state index contributed by atoms with van der Waals surface area (Å²) in [5.41, 5.74) is 0.787. The molecule has 0 fully saturated rings. The van der Waals surface area contributed by atoms with Gasteiger partial charge in [-0.25, -0.2) is 13.2 Å². The lowest BCUT2D eigenvalue weighted by molar-refractivity contribution is -0.166. The van der Waals surface area contributed by atoms with Crippen molar-refractivity contribution in [2.24, 2.45) is 0 Å². The molecule has 0 heterocycles. The third kappa shape index (κ3) is 5.42. The molecule has 1 aromatic carbocycles. The fourth-order valence-corrected chi connectivity index (χ4v) is 1.55. The summed E-state index contributed by atoms with van der Waals surface area (Å²) in [7, 11) is 1.60. The van der Waals surface area contributed by atoms with Gasteiger partial charge in [-0.15, -0.1) is 0 Å². The van der Waals surface area contributed by atoms with E-state index in [1.807, 2.05) is 0 Å². The highest BCUT2D eigenvalue weighted by Crippen LogP contribution is 2.22. The molecule has 114 valence electrons. The van der Waals surface area contributed by atoms with Crippen LogP contribution in [0.25, 0.3) is 0 Å². The number of hydrogen-bond donors (Lipinski definition) is 1. The average Bonchev–Trinajstić information content (AvgIpc) is 2.39. The lowest BCUT2D eigenvalue weighted by atomic mass is 10.1. The van der Waals surface area contributed by atoms with Crippen LogP contribution in [0.1, 0.15) is 5.56 Å². The largest absolute Gasteiger partial charge is 0.373 e. The van der Waals surface area contributed by atoms with Crippen molar-refractivity contribution in [2.75, 3.05) is 20.3 Å². The summed E-state index contributed by atoms with van der Waals surface area (Å²) in [4.78, 5) is 0. The Labute approximate surface area is 113 Å². The predicted octanol–water partition coefficient (Wildman–Crippen LogP) is 2.87. The van der Waals surface area contributed by atoms with E-state index in [1.54, 1.807) is 19.2 Å². The van der Waals surface area contributed by atoms with Gasteiger partial charge < -0.3 is 10.1 Å². The summed E-state index contributed by atoms with van der Waals surface area (Å²) in [5, 5.41) is 2.83. The normalized spacial score (nSPS) is 13.8. The Morgan fingerprint density at radius 1 is 1.20 bits per heavy atom. The molecule has 1 unspecified atom stereocenters. The van der Waals surface area contributed by atoms with Crippen molar-refractivity contribution in [1.82, 2.24) is 5.32 Å². The molecule has 0 aliphatic heterocycles.